The summed E-state index contributed by atoms with van der Waals surface area (Å²) in [5.41, 5.74) is 0.157. The molecule has 0 unspecified atom stereocenters. The summed E-state index contributed by atoms with van der Waals surface area (Å²) in [6.45, 7) is 0. The summed E-state index contributed by atoms with van der Waals surface area (Å²) in [5, 5.41) is 4.69. The second kappa shape index (κ2) is 8.51. The Hall–Kier alpha value is -2.76. The molecular weight excluding hydrogens is 290 g/mol. The maximum Gasteiger partial charge on any atom is 0.253 e. The van der Waals surface area contributed by atoms with Crippen molar-refractivity contribution in [2.24, 2.45) is 0 Å². The molecule has 4 nitrogen and oxygen atoms in total. The Morgan fingerprint density at radius 3 is 1.32 bits per heavy atom. The molecule has 0 heterocycles. The molecule has 2 aromatic carbocycles. The van der Waals surface area contributed by atoms with Gasteiger partial charge < -0.3 is 10.6 Å². The normalized spacial score (nSPS) is 9.27. The van der Waals surface area contributed by atoms with E-state index in [2.05, 4.69) is 10.6 Å². The number of carbonyl (C=O) groups excluding carboxylic acids is 2. The third-order valence-electron chi connectivity index (χ3n) is 2.69. The van der Waals surface area contributed by atoms with E-state index < -0.39 is 23.4 Å². The monoisotopic (exact) mass is 306 g/mol. The van der Waals surface area contributed by atoms with Gasteiger partial charge in [-0.05, 0) is 24.3 Å². The predicted molar refractivity (Wildman–Crippen MR) is 79.6 cm³/mol. The molecule has 2 amide bonds. The number of hydrogen-bond acceptors (Lipinski definition) is 2. The fraction of sp³-hybridized carbons (Fsp3) is 0.125. The highest BCUT2D eigenvalue weighted by atomic mass is 19.1. The van der Waals surface area contributed by atoms with Crippen LogP contribution in [-0.2, 0) is 0 Å². The standard InChI is InChI=1S/2C8H8FNO/c2*1-10-8(11)6-4-2-3-5-7(6)9/h2*2-5H,1H3,(H,10,11). The van der Waals surface area contributed by atoms with E-state index in [0.29, 0.717) is 0 Å². The van der Waals surface area contributed by atoms with Crippen LogP contribution >= 0.6 is 0 Å². The van der Waals surface area contributed by atoms with Gasteiger partial charge in [-0.25, -0.2) is 8.78 Å². The first-order valence-corrected chi connectivity index (χ1v) is 6.44. The number of halogens is 2. The highest BCUT2D eigenvalue weighted by Crippen LogP contribution is 2.05. The van der Waals surface area contributed by atoms with Crippen molar-refractivity contribution in [2.45, 2.75) is 0 Å². The van der Waals surface area contributed by atoms with Crippen molar-refractivity contribution in [1.82, 2.24) is 10.6 Å². The van der Waals surface area contributed by atoms with E-state index in [1.54, 1.807) is 24.3 Å². The number of rotatable bonds is 2. The molecule has 2 aromatic rings. The van der Waals surface area contributed by atoms with Crippen LogP contribution < -0.4 is 10.6 Å². The molecule has 0 aliphatic carbocycles. The molecule has 116 valence electrons. The Kier molecular flexibility index (Phi) is 6.69. The highest BCUT2D eigenvalue weighted by Gasteiger charge is 2.07. The molecule has 0 fully saturated rings. The number of nitrogens with one attached hydrogen (secondary N) is 2. The Morgan fingerprint density at radius 2 is 1.05 bits per heavy atom. The first-order chi connectivity index (χ1) is 10.5. The van der Waals surface area contributed by atoms with Crippen molar-refractivity contribution in [3.63, 3.8) is 0 Å². The van der Waals surface area contributed by atoms with Crippen LogP contribution in [0.15, 0.2) is 48.5 Å². The zero-order valence-electron chi connectivity index (χ0n) is 12.2. The first kappa shape index (κ1) is 17.3. The lowest BCUT2D eigenvalue weighted by molar-refractivity contribution is 0.0950. The Labute approximate surface area is 127 Å². The Balaban J connectivity index is 0.000000220. The van der Waals surface area contributed by atoms with E-state index >= 15 is 0 Å². The van der Waals surface area contributed by atoms with Crippen LogP contribution in [0.25, 0.3) is 0 Å². The largest absolute Gasteiger partial charge is 0.355 e. The lowest BCUT2D eigenvalue weighted by Crippen LogP contribution is -2.18. The third-order valence-corrected chi connectivity index (χ3v) is 2.69. The molecule has 0 atom stereocenters. The smallest absolute Gasteiger partial charge is 0.253 e. The molecule has 0 aromatic heterocycles. The lowest BCUT2D eigenvalue weighted by Gasteiger charge is -1.98. The molecule has 0 saturated heterocycles. The van der Waals surface area contributed by atoms with Crippen molar-refractivity contribution in [3.05, 3.63) is 71.3 Å². The van der Waals surface area contributed by atoms with Gasteiger partial charge in [0, 0.05) is 14.1 Å². The zero-order valence-corrected chi connectivity index (χ0v) is 12.2. The van der Waals surface area contributed by atoms with Crippen LogP contribution in [0.5, 0.6) is 0 Å². The maximum atomic E-state index is 12.8. The summed E-state index contributed by atoms with van der Waals surface area (Å²) in [6, 6.07) is 11.7. The first-order valence-electron chi connectivity index (χ1n) is 6.44. The maximum absolute atomic E-state index is 12.8. The van der Waals surface area contributed by atoms with Gasteiger partial charge >= 0.3 is 0 Å². The molecule has 0 spiro atoms. The molecule has 0 aliphatic heterocycles. The van der Waals surface area contributed by atoms with E-state index in [0.717, 1.165) is 0 Å². The van der Waals surface area contributed by atoms with Gasteiger partial charge in [-0.2, -0.15) is 0 Å². The van der Waals surface area contributed by atoms with Crippen molar-refractivity contribution < 1.29 is 18.4 Å². The molecule has 0 radical (unpaired) electrons. The number of amides is 2. The van der Waals surface area contributed by atoms with Crippen molar-refractivity contribution in [2.75, 3.05) is 14.1 Å². The summed E-state index contributed by atoms with van der Waals surface area (Å²) in [6.07, 6.45) is 0. The summed E-state index contributed by atoms with van der Waals surface area (Å²) < 4.78 is 25.5. The molecular formula is C16H16F2N2O2. The topological polar surface area (TPSA) is 58.2 Å². The number of hydrogen-bond donors (Lipinski definition) is 2. The minimum atomic E-state index is -0.494. The number of benzene rings is 2. The van der Waals surface area contributed by atoms with Crippen molar-refractivity contribution in [3.8, 4) is 0 Å². The van der Waals surface area contributed by atoms with Gasteiger partial charge in [0.05, 0.1) is 11.1 Å². The SMILES string of the molecule is CNC(=O)c1ccccc1F.CNC(=O)c1ccccc1F. The summed E-state index contributed by atoms with van der Waals surface area (Å²) in [4.78, 5) is 21.8. The summed E-state index contributed by atoms with van der Waals surface area (Å²) in [5.74, 6) is -1.79. The minimum absolute atomic E-state index is 0.0787. The molecule has 0 saturated carbocycles. The minimum Gasteiger partial charge on any atom is -0.355 e. The van der Waals surface area contributed by atoms with Crippen LogP contribution in [-0.4, -0.2) is 25.9 Å². The van der Waals surface area contributed by atoms with Gasteiger partial charge in [-0.3, -0.25) is 9.59 Å². The molecule has 0 bridgehead atoms. The Bertz CT molecular complexity index is 603. The molecule has 0 aliphatic rings. The van der Waals surface area contributed by atoms with Gasteiger partial charge in [-0.15, -0.1) is 0 Å². The summed E-state index contributed by atoms with van der Waals surface area (Å²) in [7, 11) is 2.93. The molecule has 2 rings (SSSR count). The second-order valence-electron chi connectivity index (χ2n) is 4.12. The van der Waals surface area contributed by atoms with E-state index in [-0.39, 0.29) is 11.1 Å². The Morgan fingerprint density at radius 1 is 0.727 bits per heavy atom. The average Bonchev–Trinajstić information content (AvgIpc) is 2.55. The van der Waals surface area contributed by atoms with Gasteiger partial charge in [0.2, 0.25) is 0 Å². The van der Waals surface area contributed by atoms with Gasteiger partial charge in [-0.1, -0.05) is 24.3 Å². The van der Waals surface area contributed by atoms with Crippen molar-refractivity contribution >= 4 is 11.8 Å². The highest BCUT2D eigenvalue weighted by molar-refractivity contribution is 5.94. The van der Waals surface area contributed by atoms with E-state index in [1.807, 2.05) is 0 Å². The van der Waals surface area contributed by atoms with Crippen LogP contribution in [0.4, 0.5) is 8.78 Å². The summed E-state index contributed by atoms with van der Waals surface area (Å²) >= 11 is 0. The third kappa shape index (κ3) is 4.66. The number of carbonyl (C=O) groups is 2. The van der Waals surface area contributed by atoms with Gasteiger partial charge in [0.1, 0.15) is 11.6 Å². The van der Waals surface area contributed by atoms with Crippen LogP contribution in [0.1, 0.15) is 20.7 Å². The van der Waals surface area contributed by atoms with Gasteiger partial charge in [0.15, 0.2) is 0 Å². The predicted octanol–water partition coefficient (Wildman–Crippen LogP) is 2.37. The molecule has 22 heavy (non-hydrogen) atoms. The lowest BCUT2D eigenvalue weighted by atomic mass is 10.2. The van der Waals surface area contributed by atoms with E-state index in [9.17, 15) is 18.4 Å². The fourth-order valence-corrected chi connectivity index (χ4v) is 1.56. The van der Waals surface area contributed by atoms with Gasteiger partial charge in [0.25, 0.3) is 11.8 Å². The zero-order chi connectivity index (χ0) is 16.5. The quantitative estimate of drug-likeness (QED) is 0.895. The van der Waals surface area contributed by atoms with Crippen LogP contribution in [0.3, 0.4) is 0 Å². The second-order valence-corrected chi connectivity index (χ2v) is 4.12. The van der Waals surface area contributed by atoms with Crippen LogP contribution in [0.2, 0.25) is 0 Å². The van der Waals surface area contributed by atoms with E-state index in [4.69, 9.17) is 0 Å². The van der Waals surface area contributed by atoms with Crippen molar-refractivity contribution in [1.29, 1.82) is 0 Å². The average molecular weight is 306 g/mol. The van der Waals surface area contributed by atoms with Crippen LogP contribution in [0, 0.1) is 11.6 Å². The van der Waals surface area contributed by atoms with E-state index in [1.165, 1.54) is 38.4 Å². The fourth-order valence-electron chi connectivity index (χ4n) is 1.56. The molecule has 2 N–H and O–H groups in total. The molecule has 6 heteroatoms.